The fourth-order valence-electron chi connectivity index (χ4n) is 1.19. The second-order valence-corrected chi connectivity index (χ2v) is 2.33. The summed E-state index contributed by atoms with van der Waals surface area (Å²) in [6.45, 7) is 2.00. The van der Waals surface area contributed by atoms with Crippen molar-refractivity contribution in [3.63, 3.8) is 0 Å². The minimum Gasteiger partial charge on any atom is -0.378 e. The van der Waals surface area contributed by atoms with Crippen molar-refractivity contribution in [2.75, 3.05) is 27.2 Å². The Morgan fingerprint density at radius 2 is 2.00 bits per heavy atom. The predicted molar refractivity (Wildman–Crippen MR) is 51.0 cm³/mol. The van der Waals surface area contributed by atoms with Crippen LogP contribution in [-0.4, -0.2) is 39.4 Å². The van der Waals surface area contributed by atoms with E-state index in [-0.39, 0.29) is 24.8 Å². The highest BCUT2D eigenvalue weighted by atomic mass is 35.5. The molecule has 11 heavy (non-hydrogen) atoms. The molecule has 0 amide bonds. The standard InChI is InChI=1S/C6H14N2O.2ClH/c1-7-5-3-8-4-6(5)9-2;;/h5-8H,3-4H2,1-2H3;2*1H. The second kappa shape index (κ2) is 7.13. The van der Waals surface area contributed by atoms with Crippen molar-refractivity contribution in [3.05, 3.63) is 0 Å². The van der Waals surface area contributed by atoms with Crippen molar-refractivity contribution in [2.45, 2.75) is 12.1 Å². The summed E-state index contributed by atoms with van der Waals surface area (Å²) in [6, 6.07) is 0.495. The highest BCUT2D eigenvalue weighted by Crippen LogP contribution is 2.01. The van der Waals surface area contributed by atoms with Crippen LogP contribution < -0.4 is 10.6 Å². The molecule has 0 radical (unpaired) electrons. The highest BCUT2D eigenvalue weighted by molar-refractivity contribution is 5.85. The normalized spacial score (nSPS) is 28.9. The van der Waals surface area contributed by atoms with Gasteiger partial charge in [-0.2, -0.15) is 0 Å². The summed E-state index contributed by atoms with van der Waals surface area (Å²) >= 11 is 0. The van der Waals surface area contributed by atoms with Gasteiger partial charge in [-0.1, -0.05) is 0 Å². The molecule has 0 aromatic rings. The van der Waals surface area contributed by atoms with Crippen LogP contribution in [0.15, 0.2) is 0 Å². The second-order valence-electron chi connectivity index (χ2n) is 2.33. The molecule has 1 fully saturated rings. The molecule has 1 aliphatic heterocycles. The van der Waals surface area contributed by atoms with Crippen molar-refractivity contribution < 1.29 is 4.74 Å². The molecule has 2 N–H and O–H groups in total. The minimum atomic E-state index is 0. The number of hydrogen-bond acceptors (Lipinski definition) is 3. The lowest BCUT2D eigenvalue weighted by Gasteiger charge is -2.14. The molecule has 0 spiro atoms. The van der Waals surface area contributed by atoms with Gasteiger partial charge in [0.25, 0.3) is 0 Å². The largest absolute Gasteiger partial charge is 0.378 e. The molecule has 1 rings (SSSR count). The minimum absolute atomic E-state index is 0. The summed E-state index contributed by atoms with van der Waals surface area (Å²) in [4.78, 5) is 0. The van der Waals surface area contributed by atoms with E-state index < -0.39 is 0 Å². The molecule has 3 nitrogen and oxygen atoms in total. The van der Waals surface area contributed by atoms with Crippen LogP contribution in [0.5, 0.6) is 0 Å². The fraction of sp³-hybridized carbons (Fsp3) is 1.00. The Kier molecular flexibility index (Phi) is 9.08. The van der Waals surface area contributed by atoms with Gasteiger partial charge in [-0.15, -0.1) is 24.8 Å². The van der Waals surface area contributed by atoms with Gasteiger partial charge in [0.2, 0.25) is 0 Å². The fourth-order valence-corrected chi connectivity index (χ4v) is 1.19. The van der Waals surface area contributed by atoms with E-state index in [4.69, 9.17) is 4.74 Å². The zero-order chi connectivity index (χ0) is 6.69. The van der Waals surface area contributed by atoms with E-state index in [9.17, 15) is 0 Å². The Balaban J connectivity index is 0. The van der Waals surface area contributed by atoms with Gasteiger partial charge in [-0.05, 0) is 7.05 Å². The first-order valence-electron chi connectivity index (χ1n) is 3.29. The molecule has 5 heteroatoms. The van der Waals surface area contributed by atoms with E-state index in [0.717, 1.165) is 13.1 Å². The smallest absolute Gasteiger partial charge is 0.0860 e. The van der Waals surface area contributed by atoms with E-state index in [1.807, 2.05) is 7.05 Å². The molecule has 0 aromatic carbocycles. The van der Waals surface area contributed by atoms with Crippen LogP contribution in [0.3, 0.4) is 0 Å². The van der Waals surface area contributed by atoms with E-state index in [0.29, 0.717) is 12.1 Å². The van der Waals surface area contributed by atoms with Crippen molar-refractivity contribution in [1.29, 1.82) is 0 Å². The predicted octanol–water partition coefficient (Wildman–Crippen LogP) is 0.0362. The van der Waals surface area contributed by atoms with E-state index >= 15 is 0 Å². The van der Waals surface area contributed by atoms with Crippen LogP contribution in [0.25, 0.3) is 0 Å². The van der Waals surface area contributed by atoms with Crippen LogP contribution >= 0.6 is 24.8 Å². The number of methoxy groups -OCH3 is 1. The van der Waals surface area contributed by atoms with Gasteiger partial charge in [-0.25, -0.2) is 0 Å². The molecule has 70 valence electrons. The first-order chi connectivity index (χ1) is 4.38. The van der Waals surface area contributed by atoms with Crippen molar-refractivity contribution in [3.8, 4) is 0 Å². The quantitative estimate of drug-likeness (QED) is 0.664. The molecular formula is C6H16Cl2N2O. The lowest BCUT2D eigenvalue weighted by molar-refractivity contribution is 0.0987. The Hall–Kier alpha value is 0.460. The topological polar surface area (TPSA) is 33.3 Å². The van der Waals surface area contributed by atoms with E-state index in [1.54, 1.807) is 7.11 Å². The van der Waals surface area contributed by atoms with Gasteiger partial charge in [0.1, 0.15) is 0 Å². The molecule has 1 heterocycles. The summed E-state index contributed by atoms with van der Waals surface area (Å²) in [5.74, 6) is 0. The van der Waals surface area contributed by atoms with Gasteiger partial charge in [0, 0.05) is 26.2 Å². The Morgan fingerprint density at radius 1 is 1.36 bits per heavy atom. The Morgan fingerprint density at radius 3 is 2.36 bits per heavy atom. The zero-order valence-electron chi connectivity index (χ0n) is 6.79. The number of ether oxygens (including phenoxy) is 1. The molecule has 0 aliphatic carbocycles. The van der Waals surface area contributed by atoms with Crippen molar-refractivity contribution in [1.82, 2.24) is 10.6 Å². The van der Waals surface area contributed by atoms with Gasteiger partial charge in [0.15, 0.2) is 0 Å². The SMILES string of the molecule is CNC1CNCC1OC.Cl.Cl. The molecule has 2 unspecified atom stereocenters. The van der Waals surface area contributed by atoms with Crippen LogP contribution in [0.2, 0.25) is 0 Å². The molecule has 0 aromatic heterocycles. The summed E-state index contributed by atoms with van der Waals surface area (Å²) < 4.78 is 5.19. The van der Waals surface area contributed by atoms with Gasteiger partial charge >= 0.3 is 0 Å². The monoisotopic (exact) mass is 202 g/mol. The van der Waals surface area contributed by atoms with Crippen molar-refractivity contribution >= 4 is 24.8 Å². The summed E-state index contributed by atoms with van der Waals surface area (Å²) in [5.41, 5.74) is 0. The van der Waals surface area contributed by atoms with Crippen LogP contribution in [-0.2, 0) is 4.74 Å². The zero-order valence-corrected chi connectivity index (χ0v) is 8.43. The lowest BCUT2D eigenvalue weighted by atomic mass is 10.2. The van der Waals surface area contributed by atoms with Crippen molar-refractivity contribution in [2.24, 2.45) is 0 Å². The number of rotatable bonds is 2. The average Bonchev–Trinajstić information content (AvgIpc) is 2.33. The third-order valence-corrected chi connectivity index (χ3v) is 1.83. The molecule has 1 saturated heterocycles. The van der Waals surface area contributed by atoms with E-state index in [2.05, 4.69) is 10.6 Å². The maximum Gasteiger partial charge on any atom is 0.0860 e. The molecule has 1 aliphatic rings. The molecular weight excluding hydrogens is 187 g/mol. The van der Waals surface area contributed by atoms with Crippen LogP contribution in [0, 0.1) is 0 Å². The molecule has 2 atom stereocenters. The maximum absolute atomic E-state index is 5.19. The Labute approximate surface area is 80.1 Å². The molecule has 0 saturated carbocycles. The van der Waals surface area contributed by atoms with Gasteiger partial charge in [0.05, 0.1) is 6.10 Å². The number of halogens is 2. The summed E-state index contributed by atoms with van der Waals surface area (Å²) in [7, 11) is 3.71. The first-order valence-corrected chi connectivity index (χ1v) is 3.29. The van der Waals surface area contributed by atoms with Crippen LogP contribution in [0.1, 0.15) is 0 Å². The average molecular weight is 203 g/mol. The lowest BCUT2D eigenvalue weighted by Crippen LogP contribution is -2.37. The van der Waals surface area contributed by atoms with Crippen LogP contribution in [0.4, 0.5) is 0 Å². The number of nitrogens with one attached hydrogen (secondary N) is 2. The van der Waals surface area contributed by atoms with Gasteiger partial charge < -0.3 is 15.4 Å². The Bertz CT molecular complexity index is 84.7. The number of hydrogen-bond donors (Lipinski definition) is 2. The van der Waals surface area contributed by atoms with E-state index in [1.165, 1.54) is 0 Å². The molecule has 0 bridgehead atoms. The summed E-state index contributed by atoms with van der Waals surface area (Å²) in [6.07, 6.45) is 0.356. The summed E-state index contributed by atoms with van der Waals surface area (Å²) in [5, 5.41) is 6.41. The third-order valence-electron chi connectivity index (χ3n) is 1.83. The number of likely N-dealkylation sites (N-methyl/N-ethyl adjacent to an activating group) is 1. The highest BCUT2D eigenvalue weighted by Gasteiger charge is 2.24. The first kappa shape index (κ1) is 14.0. The van der Waals surface area contributed by atoms with Gasteiger partial charge in [-0.3, -0.25) is 0 Å². The maximum atomic E-state index is 5.19. The third kappa shape index (κ3) is 3.58.